The molecule has 2 aromatic heterocycles. The van der Waals surface area contributed by atoms with Crippen LogP contribution in [0, 0.1) is 0 Å². The summed E-state index contributed by atoms with van der Waals surface area (Å²) in [5.74, 6) is 0.880. The fourth-order valence-electron chi connectivity index (χ4n) is 4.00. The molecule has 4 rings (SSSR count). The van der Waals surface area contributed by atoms with Crippen molar-refractivity contribution in [3.63, 3.8) is 0 Å². The molecule has 0 radical (unpaired) electrons. The normalized spacial score (nSPS) is 14.3. The molecule has 3 heterocycles. The second kappa shape index (κ2) is 12.7. The number of rotatable bonds is 6. The zero-order valence-corrected chi connectivity index (χ0v) is 24.4. The van der Waals surface area contributed by atoms with Crippen molar-refractivity contribution in [3.05, 3.63) is 53.2 Å². The lowest BCUT2D eigenvalue weighted by Crippen LogP contribution is -2.50. The van der Waals surface area contributed by atoms with Crippen LogP contribution in [-0.4, -0.2) is 62.5 Å². The Hall–Kier alpha value is -4.35. The summed E-state index contributed by atoms with van der Waals surface area (Å²) in [6.45, 7) is 5.92. The van der Waals surface area contributed by atoms with E-state index in [9.17, 15) is 35.9 Å². The van der Waals surface area contributed by atoms with Gasteiger partial charge in [0.05, 0.1) is 22.9 Å². The van der Waals surface area contributed by atoms with Crippen LogP contribution in [0.25, 0.3) is 0 Å². The van der Waals surface area contributed by atoms with Gasteiger partial charge >= 0.3 is 24.5 Å². The third-order valence-electron chi connectivity index (χ3n) is 5.98. The topological polar surface area (TPSA) is 122 Å². The van der Waals surface area contributed by atoms with Gasteiger partial charge in [-0.15, -0.1) is 4.37 Å². The first-order valence-electron chi connectivity index (χ1n) is 13.0. The van der Waals surface area contributed by atoms with Gasteiger partial charge in [0.2, 0.25) is 5.82 Å². The standard InChI is InChI=1S/C26H27F6N7O4S/c1-24(2,3)43-23(41)35-19-10-15(4-5-33-19)14-42-21-20(36-44-37-21)38-6-8-39(9-7-38)22(40)34-18-12-16(25(27,28)29)11-17(13-18)26(30,31)32/h4-5,10-13H,6-9,14H2,1-3H3,(H,34,40)(H,33,35,41). The summed E-state index contributed by atoms with van der Waals surface area (Å²) < 4.78 is 98.5. The van der Waals surface area contributed by atoms with Crippen molar-refractivity contribution >= 4 is 41.2 Å². The molecule has 1 saturated heterocycles. The molecular weight excluding hydrogens is 620 g/mol. The quantitative estimate of drug-likeness (QED) is 0.301. The summed E-state index contributed by atoms with van der Waals surface area (Å²) in [4.78, 5) is 31.9. The number of hydrogen-bond acceptors (Lipinski definition) is 9. The largest absolute Gasteiger partial charge is 0.470 e. The van der Waals surface area contributed by atoms with Gasteiger partial charge in [0, 0.05) is 38.1 Å². The molecule has 1 aromatic carbocycles. The Morgan fingerprint density at radius 1 is 0.909 bits per heavy atom. The van der Waals surface area contributed by atoms with Crippen LogP contribution in [0.15, 0.2) is 36.5 Å². The van der Waals surface area contributed by atoms with Gasteiger partial charge in [0.15, 0.2) is 0 Å². The van der Waals surface area contributed by atoms with E-state index in [1.165, 1.54) is 11.1 Å². The fraction of sp³-hybridized carbons (Fsp3) is 0.423. The number of pyridine rings is 1. The number of carbonyl (C=O) groups excluding carboxylic acids is 2. The van der Waals surface area contributed by atoms with Gasteiger partial charge < -0.3 is 24.6 Å². The number of aromatic nitrogens is 3. The van der Waals surface area contributed by atoms with Crippen molar-refractivity contribution in [2.45, 2.75) is 45.3 Å². The number of amides is 3. The lowest BCUT2D eigenvalue weighted by atomic mass is 10.1. The maximum atomic E-state index is 13.2. The van der Waals surface area contributed by atoms with Gasteiger partial charge in [-0.05, 0) is 56.7 Å². The lowest BCUT2D eigenvalue weighted by Gasteiger charge is -2.34. The SMILES string of the molecule is CC(C)(C)OC(=O)Nc1cc(COc2nsnc2N2CCN(C(=O)Nc3cc(C(F)(F)F)cc(C(F)(F)F)c3)CC2)ccn1. The number of hydrogen-bond donors (Lipinski definition) is 2. The van der Waals surface area contributed by atoms with Crippen LogP contribution in [0.2, 0.25) is 0 Å². The van der Waals surface area contributed by atoms with Crippen LogP contribution >= 0.6 is 11.7 Å². The van der Waals surface area contributed by atoms with E-state index in [0.717, 1.165) is 11.7 Å². The number of carbonyl (C=O) groups is 2. The molecule has 44 heavy (non-hydrogen) atoms. The summed E-state index contributed by atoms with van der Waals surface area (Å²) in [7, 11) is 0. The molecule has 3 aromatic rings. The minimum Gasteiger partial charge on any atom is -0.470 e. The van der Waals surface area contributed by atoms with Crippen LogP contribution in [0.1, 0.15) is 37.5 Å². The van der Waals surface area contributed by atoms with E-state index in [2.05, 4.69) is 24.4 Å². The molecule has 18 heteroatoms. The van der Waals surface area contributed by atoms with E-state index in [1.807, 2.05) is 0 Å². The van der Waals surface area contributed by atoms with E-state index in [-0.39, 0.29) is 50.6 Å². The number of nitrogens with zero attached hydrogens (tertiary/aromatic N) is 5. The molecule has 0 atom stereocenters. The molecule has 11 nitrogen and oxygen atoms in total. The molecule has 1 aliphatic heterocycles. The van der Waals surface area contributed by atoms with Crippen molar-refractivity contribution < 1.29 is 45.4 Å². The highest BCUT2D eigenvalue weighted by Gasteiger charge is 2.37. The number of nitrogens with one attached hydrogen (secondary N) is 2. The van der Waals surface area contributed by atoms with Crippen molar-refractivity contribution in [2.75, 3.05) is 41.7 Å². The van der Waals surface area contributed by atoms with Gasteiger partial charge in [0.25, 0.3) is 5.88 Å². The van der Waals surface area contributed by atoms with Gasteiger partial charge in [-0.25, -0.2) is 14.6 Å². The Kier molecular flexibility index (Phi) is 9.41. The minimum atomic E-state index is -5.04. The zero-order valence-electron chi connectivity index (χ0n) is 23.5. The smallest absolute Gasteiger partial charge is 0.416 e. The van der Waals surface area contributed by atoms with Crippen LogP contribution in [-0.2, 0) is 23.7 Å². The Labute approximate surface area is 251 Å². The van der Waals surface area contributed by atoms with Crippen LogP contribution in [0.5, 0.6) is 5.88 Å². The number of ether oxygens (including phenoxy) is 2. The van der Waals surface area contributed by atoms with E-state index in [4.69, 9.17) is 9.47 Å². The number of halogens is 6. The highest BCUT2D eigenvalue weighted by molar-refractivity contribution is 6.99. The molecule has 0 unspecified atom stereocenters. The molecule has 0 bridgehead atoms. The molecule has 0 aliphatic carbocycles. The molecule has 1 fully saturated rings. The number of urea groups is 1. The van der Waals surface area contributed by atoms with Crippen LogP contribution in [0.4, 0.5) is 53.3 Å². The molecule has 1 aliphatic rings. The minimum absolute atomic E-state index is 0.00940. The number of alkyl halides is 6. The summed E-state index contributed by atoms with van der Waals surface area (Å²) in [5, 5.41) is 4.68. The van der Waals surface area contributed by atoms with E-state index in [1.54, 1.807) is 37.8 Å². The second-order valence-electron chi connectivity index (χ2n) is 10.6. The van der Waals surface area contributed by atoms with Crippen molar-refractivity contribution in [2.24, 2.45) is 0 Å². The third kappa shape index (κ3) is 8.84. The predicted molar refractivity (Wildman–Crippen MR) is 148 cm³/mol. The number of piperazine rings is 1. The first-order chi connectivity index (χ1) is 20.5. The summed E-state index contributed by atoms with van der Waals surface area (Å²) in [6.07, 6.45) is -9.25. The van der Waals surface area contributed by atoms with Gasteiger partial charge in [-0.1, -0.05) is 0 Å². The predicted octanol–water partition coefficient (Wildman–Crippen LogP) is 6.25. The second-order valence-corrected chi connectivity index (χ2v) is 11.1. The Balaban J connectivity index is 1.34. The van der Waals surface area contributed by atoms with Crippen LogP contribution < -0.4 is 20.3 Å². The molecule has 238 valence electrons. The molecular formula is C26H27F6N7O4S. The monoisotopic (exact) mass is 647 g/mol. The number of benzene rings is 1. The highest BCUT2D eigenvalue weighted by Crippen LogP contribution is 2.37. The van der Waals surface area contributed by atoms with Crippen molar-refractivity contribution in [3.8, 4) is 5.88 Å². The van der Waals surface area contributed by atoms with Crippen molar-refractivity contribution in [1.29, 1.82) is 0 Å². The van der Waals surface area contributed by atoms with Gasteiger partial charge in [-0.2, -0.15) is 30.7 Å². The van der Waals surface area contributed by atoms with Gasteiger partial charge in [-0.3, -0.25) is 5.32 Å². The fourth-order valence-corrected chi connectivity index (χ4v) is 4.52. The Morgan fingerprint density at radius 2 is 1.55 bits per heavy atom. The first kappa shape index (κ1) is 32.6. The molecule has 0 spiro atoms. The Morgan fingerprint density at radius 3 is 2.14 bits per heavy atom. The van der Waals surface area contributed by atoms with Crippen LogP contribution in [0.3, 0.4) is 0 Å². The number of anilines is 3. The summed E-state index contributed by atoms with van der Waals surface area (Å²) >= 11 is 0.898. The van der Waals surface area contributed by atoms with E-state index >= 15 is 0 Å². The maximum absolute atomic E-state index is 13.2. The van der Waals surface area contributed by atoms with E-state index in [0.29, 0.717) is 23.5 Å². The molecule has 0 saturated carbocycles. The summed E-state index contributed by atoms with van der Waals surface area (Å²) in [5.41, 5.74) is -3.71. The Bertz CT molecular complexity index is 1450. The average Bonchev–Trinajstić information content (AvgIpc) is 3.38. The lowest BCUT2D eigenvalue weighted by molar-refractivity contribution is -0.143. The average molecular weight is 648 g/mol. The highest BCUT2D eigenvalue weighted by atomic mass is 32.1. The molecule has 3 amide bonds. The van der Waals surface area contributed by atoms with Crippen molar-refractivity contribution in [1.82, 2.24) is 18.6 Å². The molecule has 2 N–H and O–H groups in total. The first-order valence-corrected chi connectivity index (χ1v) is 13.7. The zero-order chi connectivity index (χ0) is 32.3. The van der Waals surface area contributed by atoms with E-state index < -0.39 is 46.9 Å². The third-order valence-corrected chi connectivity index (χ3v) is 6.48. The van der Waals surface area contributed by atoms with Gasteiger partial charge in [0.1, 0.15) is 18.0 Å². The maximum Gasteiger partial charge on any atom is 0.416 e. The summed E-state index contributed by atoms with van der Waals surface area (Å²) in [6, 6.07) is 3.33.